The van der Waals surface area contributed by atoms with Gasteiger partial charge in [-0.25, -0.2) is 0 Å². The molecule has 102 valence electrons. The van der Waals surface area contributed by atoms with Gasteiger partial charge in [0, 0.05) is 0 Å². The van der Waals surface area contributed by atoms with Gasteiger partial charge in [0.15, 0.2) is 0 Å². The fourth-order valence-electron chi connectivity index (χ4n) is 3.10. The Balaban J connectivity index is 2.45. The standard InChI is InChI=1S/C16H22N2O/c1-11-12(2)14(19-4)7-6-13(11)15(18-3)16(10-17)8-5-9-16/h6-7,15,18H,5,8-9H2,1-4H3. The Bertz CT molecular complexity index is 512. The van der Waals surface area contributed by atoms with E-state index in [1.54, 1.807) is 7.11 Å². The van der Waals surface area contributed by atoms with Gasteiger partial charge in [0.1, 0.15) is 5.75 Å². The highest BCUT2D eigenvalue weighted by molar-refractivity contribution is 5.46. The third-order valence-corrected chi connectivity index (χ3v) is 4.62. The van der Waals surface area contributed by atoms with E-state index in [4.69, 9.17) is 4.74 Å². The number of methoxy groups -OCH3 is 1. The van der Waals surface area contributed by atoms with E-state index in [0.717, 1.165) is 30.6 Å². The van der Waals surface area contributed by atoms with Gasteiger partial charge in [-0.1, -0.05) is 12.5 Å². The largest absolute Gasteiger partial charge is 0.496 e. The maximum Gasteiger partial charge on any atom is 0.122 e. The molecule has 0 spiro atoms. The Morgan fingerprint density at radius 1 is 1.32 bits per heavy atom. The maximum absolute atomic E-state index is 9.55. The predicted molar refractivity (Wildman–Crippen MR) is 76.2 cm³/mol. The minimum absolute atomic E-state index is 0.107. The number of ether oxygens (including phenoxy) is 1. The van der Waals surface area contributed by atoms with Crippen LogP contribution in [0.1, 0.15) is 42.0 Å². The molecule has 0 heterocycles. The minimum Gasteiger partial charge on any atom is -0.496 e. The zero-order valence-electron chi connectivity index (χ0n) is 12.2. The first-order valence-electron chi connectivity index (χ1n) is 6.82. The summed E-state index contributed by atoms with van der Waals surface area (Å²) in [5, 5.41) is 12.9. The molecule has 1 aromatic carbocycles. The molecule has 1 aliphatic rings. The zero-order valence-corrected chi connectivity index (χ0v) is 12.2. The van der Waals surface area contributed by atoms with E-state index in [1.165, 1.54) is 11.1 Å². The fraction of sp³-hybridized carbons (Fsp3) is 0.562. The van der Waals surface area contributed by atoms with Gasteiger partial charge < -0.3 is 10.1 Å². The second-order valence-corrected chi connectivity index (χ2v) is 5.45. The molecule has 3 nitrogen and oxygen atoms in total. The van der Waals surface area contributed by atoms with Gasteiger partial charge in [0.05, 0.1) is 24.6 Å². The van der Waals surface area contributed by atoms with Crippen molar-refractivity contribution in [1.29, 1.82) is 5.26 Å². The molecule has 1 unspecified atom stereocenters. The summed E-state index contributed by atoms with van der Waals surface area (Å²) in [6.07, 6.45) is 3.12. The third-order valence-electron chi connectivity index (χ3n) is 4.62. The molecule has 1 aliphatic carbocycles. The van der Waals surface area contributed by atoms with Crippen LogP contribution >= 0.6 is 0 Å². The van der Waals surface area contributed by atoms with Crippen molar-refractivity contribution in [3.8, 4) is 11.8 Å². The van der Waals surface area contributed by atoms with Gasteiger partial charge >= 0.3 is 0 Å². The molecule has 1 aromatic rings. The van der Waals surface area contributed by atoms with Crippen molar-refractivity contribution in [2.24, 2.45) is 5.41 Å². The number of nitrogens with zero attached hydrogens (tertiary/aromatic N) is 1. The average Bonchev–Trinajstić information content (AvgIpc) is 2.38. The van der Waals surface area contributed by atoms with E-state index in [2.05, 4.69) is 31.3 Å². The van der Waals surface area contributed by atoms with Crippen LogP contribution in [0.15, 0.2) is 12.1 Å². The lowest BCUT2D eigenvalue weighted by Crippen LogP contribution is -2.41. The van der Waals surface area contributed by atoms with E-state index >= 15 is 0 Å². The molecule has 1 atom stereocenters. The molecule has 0 radical (unpaired) electrons. The summed E-state index contributed by atoms with van der Waals surface area (Å²) in [6, 6.07) is 6.76. The number of rotatable bonds is 4. The van der Waals surface area contributed by atoms with Crippen LogP contribution in [-0.2, 0) is 0 Å². The van der Waals surface area contributed by atoms with E-state index in [1.807, 2.05) is 13.1 Å². The average molecular weight is 258 g/mol. The molecule has 3 heteroatoms. The maximum atomic E-state index is 9.55. The number of hydrogen-bond donors (Lipinski definition) is 1. The summed E-state index contributed by atoms with van der Waals surface area (Å²) < 4.78 is 5.36. The van der Waals surface area contributed by atoms with Crippen molar-refractivity contribution in [3.63, 3.8) is 0 Å². The first-order valence-corrected chi connectivity index (χ1v) is 6.82. The van der Waals surface area contributed by atoms with Crippen LogP contribution in [-0.4, -0.2) is 14.2 Å². The fourth-order valence-corrected chi connectivity index (χ4v) is 3.10. The van der Waals surface area contributed by atoms with Crippen molar-refractivity contribution in [1.82, 2.24) is 5.32 Å². The van der Waals surface area contributed by atoms with Crippen molar-refractivity contribution >= 4 is 0 Å². The molecule has 0 saturated heterocycles. The van der Waals surface area contributed by atoms with E-state index in [0.29, 0.717) is 0 Å². The molecule has 1 saturated carbocycles. The molecule has 0 aliphatic heterocycles. The van der Waals surface area contributed by atoms with Crippen LogP contribution in [0.3, 0.4) is 0 Å². The van der Waals surface area contributed by atoms with E-state index in [-0.39, 0.29) is 11.5 Å². The van der Waals surface area contributed by atoms with Crippen LogP contribution < -0.4 is 10.1 Å². The van der Waals surface area contributed by atoms with Gasteiger partial charge in [-0.05, 0) is 56.5 Å². The van der Waals surface area contributed by atoms with Crippen molar-refractivity contribution in [3.05, 3.63) is 28.8 Å². The monoisotopic (exact) mass is 258 g/mol. The lowest BCUT2D eigenvalue weighted by molar-refractivity contribution is 0.148. The molecular weight excluding hydrogens is 236 g/mol. The van der Waals surface area contributed by atoms with Gasteiger partial charge in [0.2, 0.25) is 0 Å². The minimum atomic E-state index is -0.236. The molecule has 1 fully saturated rings. The summed E-state index contributed by atoms with van der Waals surface area (Å²) in [5.41, 5.74) is 3.37. The number of hydrogen-bond acceptors (Lipinski definition) is 3. The Hall–Kier alpha value is -1.53. The SMILES string of the molecule is CNC(c1ccc(OC)c(C)c1C)C1(C#N)CCC1. The molecule has 0 aromatic heterocycles. The van der Waals surface area contributed by atoms with Crippen LogP contribution in [0.25, 0.3) is 0 Å². The highest BCUT2D eigenvalue weighted by atomic mass is 16.5. The van der Waals surface area contributed by atoms with Crippen molar-refractivity contribution in [2.45, 2.75) is 39.2 Å². The molecule has 0 bridgehead atoms. The highest BCUT2D eigenvalue weighted by Crippen LogP contribution is 2.50. The van der Waals surface area contributed by atoms with Crippen LogP contribution in [0.4, 0.5) is 0 Å². The van der Waals surface area contributed by atoms with Crippen LogP contribution in [0.5, 0.6) is 5.75 Å². The van der Waals surface area contributed by atoms with Gasteiger partial charge in [-0.3, -0.25) is 0 Å². The molecular formula is C16H22N2O. The van der Waals surface area contributed by atoms with Crippen molar-refractivity contribution in [2.75, 3.05) is 14.2 Å². The number of benzene rings is 1. The van der Waals surface area contributed by atoms with E-state index < -0.39 is 0 Å². The number of nitrogens with one attached hydrogen (secondary N) is 1. The third kappa shape index (κ3) is 2.11. The molecule has 1 N–H and O–H groups in total. The summed E-state index contributed by atoms with van der Waals surface area (Å²) in [7, 11) is 3.64. The molecule has 0 amide bonds. The number of nitriles is 1. The Labute approximate surface area is 115 Å². The first-order chi connectivity index (χ1) is 9.09. The predicted octanol–water partition coefficient (Wildman–Crippen LogP) is 3.27. The van der Waals surface area contributed by atoms with Crippen molar-refractivity contribution < 1.29 is 4.74 Å². The Morgan fingerprint density at radius 3 is 2.42 bits per heavy atom. The highest BCUT2D eigenvalue weighted by Gasteiger charge is 2.45. The summed E-state index contributed by atoms with van der Waals surface area (Å²) in [4.78, 5) is 0. The van der Waals surface area contributed by atoms with Gasteiger partial charge in [-0.2, -0.15) is 5.26 Å². The zero-order chi connectivity index (χ0) is 14.0. The Kier molecular flexibility index (Phi) is 3.82. The first kappa shape index (κ1) is 13.9. The van der Waals surface area contributed by atoms with Gasteiger partial charge in [-0.15, -0.1) is 0 Å². The van der Waals surface area contributed by atoms with E-state index in [9.17, 15) is 5.26 Å². The van der Waals surface area contributed by atoms with Crippen LogP contribution in [0.2, 0.25) is 0 Å². The molecule has 19 heavy (non-hydrogen) atoms. The lowest BCUT2D eigenvalue weighted by Gasteiger charge is -2.42. The summed E-state index contributed by atoms with van der Waals surface area (Å²) in [5.74, 6) is 0.913. The second-order valence-electron chi connectivity index (χ2n) is 5.45. The molecule has 2 rings (SSSR count). The smallest absolute Gasteiger partial charge is 0.122 e. The quantitative estimate of drug-likeness (QED) is 0.901. The summed E-state index contributed by atoms with van der Waals surface area (Å²) >= 11 is 0. The second kappa shape index (κ2) is 5.22. The topological polar surface area (TPSA) is 45.0 Å². The normalized spacial score (nSPS) is 18.3. The lowest BCUT2D eigenvalue weighted by atomic mass is 9.63. The van der Waals surface area contributed by atoms with Gasteiger partial charge in [0.25, 0.3) is 0 Å². The Morgan fingerprint density at radius 2 is 2.00 bits per heavy atom. The van der Waals surface area contributed by atoms with Crippen LogP contribution in [0, 0.1) is 30.6 Å². The summed E-state index contributed by atoms with van der Waals surface area (Å²) in [6.45, 7) is 4.19.